The van der Waals surface area contributed by atoms with Crippen LogP contribution in [0.3, 0.4) is 0 Å². The molecule has 154 valence electrons. The molecule has 3 rings (SSSR count). The Morgan fingerprint density at radius 2 is 2.14 bits per heavy atom. The fourth-order valence-corrected chi connectivity index (χ4v) is 5.42. The summed E-state index contributed by atoms with van der Waals surface area (Å²) in [6.45, 7) is 4.11. The molecule has 1 aromatic carbocycles. The van der Waals surface area contributed by atoms with Gasteiger partial charge in [0.25, 0.3) is 0 Å². The molecule has 0 saturated heterocycles. The van der Waals surface area contributed by atoms with Crippen molar-refractivity contribution in [1.29, 1.82) is 4.78 Å². The maximum Gasteiger partial charge on any atom is 0.166 e. The minimum absolute atomic E-state index is 0.0585. The molecule has 28 heavy (non-hydrogen) atoms. The van der Waals surface area contributed by atoms with E-state index < -0.39 is 27.8 Å². The number of hydrogen-bond acceptors (Lipinski definition) is 4. The summed E-state index contributed by atoms with van der Waals surface area (Å²) >= 11 is 0. The lowest BCUT2D eigenvalue weighted by atomic mass is 9.94. The fraction of sp³-hybridized carbons (Fsp3) is 0.474. The van der Waals surface area contributed by atoms with Gasteiger partial charge < -0.3 is 15.0 Å². The maximum absolute atomic E-state index is 13.5. The molecule has 0 bridgehead atoms. The van der Waals surface area contributed by atoms with Crippen molar-refractivity contribution in [1.82, 2.24) is 9.29 Å². The number of aromatic nitrogens is 1. The Kier molecular flexibility index (Phi) is 5.79. The number of fused-ring (bicyclic) bond motifs is 1. The third-order valence-corrected chi connectivity index (χ3v) is 7.05. The third kappa shape index (κ3) is 3.92. The Balaban J connectivity index is 1.94. The van der Waals surface area contributed by atoms with Crippen molar-refractivity contribution in [3.05, 3.63) is 47.3 Å². The minimum Gasteiger partial charge on any atom is -0.368 e. The average Bonchev–Trinajstić information content (AvgIpc) is 2.92. The van der Waals surface area contributed by atoms with E-state index in [1.54, 1.807) is 17.8 Å². The lowest BCUT2D eigenvalue weighted by molar-refractivity contribution is 0.198. The molecule has 1 aliphatic rings. The van der Waals surface area contributed by atoms with Crippen LogP contribution in [0.2, 0.25) is 0 Å². The van der Waals surface area contributed by atoms with E-state index in [0.29, 0.717) is 29.0 Å². The molecular weight excluding hydrogens is 386 g/mol. The van der Waals surface area contributed by atoms with Crippen molar-refractivity contribution >= 4 is 15.6 Å². The van der Waals surface area contributed by atoms with Crippen molar-refractivity contribution in [2.45, 2.75) is 50.3 Å². The third-order valence-electron chi connectivity index (χ3n) is 5.44. The number of halogens is 2. The van der Waals surface area contributed by atoms with Gasteiger partial charge in [-0.3, -0.25) is 0 Å². The van der Waals surface area contributed by atoms with Crippen molar-refractivity contribution in [2.24, 2.45) is 13.0 Å². The molecular formula is C19H26F2N4O2S. The highest BCUT2D eigenvalue weighted by Gasteiger charge is 2.32. The lowest BCUT2D eigenvalue weighted by Gasteiger charge is -2.23. The zero-order valence-corrected chi connectivity index (χ0v) is 16.9. The highest BCUT2D eigenvalue weighted by atomic mass is 32.2. The van der Waals surface area contributed by atoms with E-state index in [0.717, 1.165) is 18.6 Å². The second-order valence-electron chi connectivity index (χ2n) is 7.35. The van der Waals surface area contributed by atoms with Crippen LogP contribution in [0.15, 0.2) is 29.3 Å². The highest BCUT2D eigenvalue weighted by molar-refractivity contribution is 7.90. The molecule has 0 aliphatic carbocycles. The van der Waals surface area contributed by atoms with Gasteiger partial charge in [-0.2, -0.15) is 0 Å². The van der Waals surface area contributed by atoms with Crippen LogP contribution < -0.4 is 10.0 Å². The molecule has 2 heterocycles. The molecule has 0 amide bonds. The molecule has 1 aliphatic heterocycles. The summed E-state index contributed by atoms with van der Waals surface area (Å²) in [4.78, 5) is 0.363. The first-order valence-electron chi connectivity index (χ1n) is 9.27. The summed E-state index contributed by atoms with van der Waals surface area (Å²) in [6, 6.07) is 3.22. The first kappa shape index (κ1) is 20.8. The van der Waals surface area contributed by atoms with Crippen LogP contribution in [-0.4, -0.2) is 19.9 Å². The molecule has 4 N–H and O–H groups in total. The lowest BCUT2D eigenvalue weighted by Crippen LogP contribution is -2.37. The number of anilines is 1. The van der Waals surface area contributed by atoms with E-state index in [9.17, 15) is 18.1 Å². The fourth-order valence-electron chi connectivity index (χ4n) is 3.65. The van der Waals surface area contributed by atoms with Gasteiger partial charge in [0.15, 0.2) is 17.9 Å². The number of aliphatic hydroxyl groups excluding tert-OH is 1. The predicted molar refractivity (Wildman–Crippen MR) is 104 cm³/mol. The monoisotopic (exact) mass is 412 g/mol. The van der Waals surface area contributed by atoms with Crippen LogP contribution >= 0.6 is 0 Å². The van der Waals surface area contributed by atoms with Crippen LogP contribution in [0, 0.1) is 22.3 Å². The summed E-state index contributed by atoms with van der Waals surface area (Å²) in [5.41, 5.74) is 1.34. The van der Waals surface area contributed by atoms with Crippen LogP contribution in [0.25, 0.3) is 0 Å². The van der Waals surface area contributed by atoms with Gasteiger partial charge >= 0.3 is 0 Å². The zero-order valence-electron chi connectivity index (χ0n) is 16.1. The Bertz CT molecular complexity index is 975. The van der Waals surface area contributed by atoms with Gasteiger partial charge in [0.2, 0.25) is 0 Å². The van der Waals surface area contributed by atoms with E-state index in [1.807, 2.05) is 0 Å². The molecule has 9 heteroatoms. The van der Waals surface area contributed by atoms with Crippen molar-refractivity contribution in [3.8, 4) is 0 Å². The molecule has 0 radical (unpaired) electrons. The molecule has 4 atom stereocenters. The number of aryl methyl sites for hydroxylation is 1. The Hall–Kier alpha value is -1.97. The number of benzene rings is 1. The van der Waals surface area contributed by atoms with Gasteiger partial charge in [-0.25, -0.2) is 22.5 Å². The molecule has 2 unspecified atom stereocenters. The first-order valence-corrected chi connectivity index (χ1v) is 10.8. The van der Waals surface area contributed by atoms with Gasteiger partial charge in [0, 0.05) is 31.0 Å². The van der Waals surface area contributed by atoms with Gasteiger partial charge in [-0.1, -0.05) is 20.3 Å². The number of nitrogens with zero attached hydrogens (tertiary/aromatic N) is 1. The Morgan fingerprint density at radius 3 is 2.79 bits per heavy atom. The smallest absolute Gasteiger partial charge is 0.166 e. The molecule has 0 saturated carbocycles. The number of rotatable bonds is 5. The van der Waals surface area contributed by atoms with Gasteiger partial charge in [0.1, 0.15) is 9.92 Å². The summed E-state index contributed by atoms with van der Waals surface area (Å²) in [5, 5.41) is 13.5. The predicted octanol–water partition coefficient (Wildman–Crippen LogP) is 3.68. The van der Waals surface area contributed by atoms with Crippen LogP contribution in [0.4, 0.5) is 14.5 Å². The summed E-state index contributed by atoms with van der Waals surface area (Å²) in [6.07, 6.45) is 2.52. The van der Waals surface area contributed by atoms with Crippen LogP contribution in [0.1, 0.15) is 44.2 Å². The molecule has 0 fully saturated rings. The molecule has 2 aromatic rings. The van der Waals surface area contributed by atoms with Crippen molar-refractivity contribution in [2.75, 3.05) is 5.32 Å². The number of hydrogen-bond donors (Lipinski definition) is 4. The average molecular weight is 413 g/mol. The van der Waals surface area contributed by atoms with Crippen molar-refractivity contribution < 1.29 is 18.1 Å². The molecule has 1 aromatic heterocycles. The van der Waals surface area contributed by atoms with E-state index in [4.69, 9.17) is 4.78 Å². The quantitative estimate of drug-likeness (QED) is 0.565. The van der Waals surface area contributed by atoms with E-state index >= 15 is 0 Å². The maximum atomic E-state index is 13.5. The normalized spacial score (nSPS) is 24.3. The van der Waals surface area contributed by atoms with Crippen LogP contribution in [-0.2, 0) is 23.4 Å². The number of nitrogens with one attached hydrogen (secondary N) is 3. The second kappa shape index (κ2) is 7.81. The largest absolute Gasteiger partial charge is 0.368 e. The highest BCUT2D eigenvalue weighted by Crippen LogP contribution is 2.33. The second-order valence-corrected chi connectivity index (χ2v) is 9.14. The van der Waals surface area contributed by atoms with Crippen LogP contribution in [0.5, 0.6) is 0 Å². The first-order chi connectivity index (χ1) is 13.1. The standard InChI is InChI=1S/C19H26F2N4O2S/c1-4-11(2)16-8-6-13-17(28(22,27)24-16)10-25(3)18(13)19(26)23-12-5-7-14(20)15(21)9-12/h5,7,9-11,16,19,23,26H,4,6,8H2,1-3H3,(H2,22,24,27)/t11-,16+,19?,28?/m0/s1. The van der Waals surface area contributed by atoms with Gasteiger partial charge in [0.05, 0.1) is 10.6 Å². The summed E-state index contributed by atoms with van der Waals surface area (Å²) < 4.78 is 52.6. The minimum atomic E-state index is -3.22. The Morgan fingerprint density at radius 1 is 1.43 bits per heavy atom. The molecule has 6 nitrogen and oxygen atoms in total. The number of aliphatic hydroxyl groups is 1. The summed E-state index contributed by atoms with van der Waals surface area (Å²) in [7, 11) is -1.53. The summed E-state index contributed by atoms with van der Waals surface area (Å²) in [5.74, 6) is -1.72. The van der Waals surface area contributed by atoms with Crippen molar-refractivity contribution in [3.63, 3.8) is 0 Å². The Labute approximate surface area is 164 Å². The zero-order chi connectivity index (χ0) is 20.6. The van der Waals surface area contributed by atoms with E-state index in [2.05, 4.69) is 23.9 Å². The topological polar surface area (TPSA) is 90.1 Å². The SMILES string of the molecule is CC[C@H](C)[C@H]1CCc2c(cn(C)c2C(O)Nc2ccc(F)c(F)c2)S(=N)(=O)N1. The van der Waals surface area contributed by atoms with E-state index in [-0.39, 0.29) is 17.6 Å². The van der Waals surface area contributed by atoms with Gasteiger partial charge in [-0.15, -0.1) is 0 Å². The van der Waals surface area contributed by atoms with Gasteiger partial charge in [-0.05, 0) is 36.5 Å². The van der Waals surface area contributed by atoms with E-state index in [1.165, 1.54) is 6.07 Å². The molecule has 0 spiro atoms.